The quantitative estimate of drug-likeness (QED) is 0.394. The van der Waals surface area contributed by atoms with Gasteiger partial charge in [0, 0.05) is 49.6 Å². The third-order valence-corrected chi connectivity index (χ3v) is 9.75. The van der Waals surface area contributed by atoms with Gasteiger partial charge in [0.05, 0.1) is 35.6 Å². The van der Waals surface area contributed by atoms with Gasteiger partial charge in [0.25, 0.3) is 5.56 Å². The Morgan fingerprint density at radius 2 is 2.07 bits per heavy atom. The minimum atomic E-state index is -0.352. The molecule has 0 radical (unpaired) electrons. The number of aromatic nitrogens is 5. The molecule has 10 nitrogen and oxygen atoms in total. The Bertz CT molecular complexity index is 1580. The molecule has 5 fully saturated rings. The summed E-state index contributed by atoms with van der Waals surface area (Å²) >= 11 is 6.55. The van der Waals surface area contributed by atoms with Crippen molar-refractivity contribution in [2.24, 2.45) is 10.8 Å². The average molecular weight is 576 g/mol. The van der Waals surface area contributed by atoms with Gasteiger partial charge in [0.2, 0.25) is 5.88 Å². The zero-order valence-corrected chi connectivity index (χ0v) is 24.2. The van der Waals surface area contributed by atoms with Gasteiger partial charge in [-0.25, -0.2) is 4.98 Å². The second-order valence-electron chi connectivity index (χ2n) is 12.4. The molecule has 3 aliphatic carbocycles. The van der Waals surface area contributed by atoms with E-state index in [2.05, 4.69) is 32.7 Å². The first-order valence-electron chi connectivity index (χ1n) is 14.5. The van der Waals surface area contributed by atoms with Crippen LogP contribution in [0.15, 0.2) is 29.3 Å². The minimum Gasteiger partial charge on any atom is -0.472 e. The Balaban J connectivity index is 1.03. The predicted octanol–water partition coefficient (Wildman–Crippen LogP) is 4.82. The number of hydrogen-bond acceptors (Lipinski definition) is 8. The first-order chi connectivity index (χ1) is 19.8. The van der Waals surface area contributed by atoms with Crippen LogP contribution >= 0.6 is 11.6 Å². The van der Waals surface area contributed by atoms with Gasteiger partial charge in [0.15, 0.2) is 6.23 Å². The van der Waals surface area contributed by atoms with Crippen LogP contribution in [-0.2, 0) is 11.3 Å². The topological polar surface area (TPSA) is 111 Å². The highest BCUT2D eigenvalue weighted by atomic mass is 35.5. The average Bonchev–Trinajstić information content (AvgIpc) is 3.50. The van der Waals surface area contributed by atoms with Gasteiger partial charge in [-0.05, 0) is 69.4 Å². The van der Waals surface area contributed by atoms with Crippen molar-refractivity contribution in [1.29, 1.82) is 5.26 Å². The van der Waals surface area contributed by atoms with Crippen molar-refractivity contribution >= 4 is 17.3 Å². The van der Waals surface area contributed by atoms with Gasteiger partial charge in [-0.15, -0.1) is 0 Å². The van der Waals surface area contributed by atoms with Crippen LogP contribution in [0.25, 0.3) is 11.1 Å². The molecule has 11 heteroatoms. The van der Waals surface area contributed by atoms with Gasteiger partial charge in [-0.2, -0.15) is 20.1 Å². The zero-order chi connectivity index (χ0) is 28.4. The Morgan fingerprint density at radius 1 is 1.24 bits per heavy atom. The van der Waals surface area contributed by atoms with E-state index in [0.717, 1.165) is 74.0 Å². The Kier molecular flexibility index (Phi) is 6.36. The fourth-order valence-corrected chi connectivity index (χ4v) is 7.75. The lowest BCUT2D eigenvalue weighted by molar-refractivity contribution is -0.174. The summed E-state index contributed by atoms with van der Waals surface area (Å²) in [5.41, 5.74) is 4.72. The fourth-order valence-electron chi connectivity index (χ4n) is 7.49. The van der Waals surface area contributed by atoms with Crippen molar-refractivity contribution in [2.75, 3.05) is 24.6 Å². The van der Waals surface area contributed by atoms with E-state index in [1.807, 2.05) is 19.1 Å². The first-order valence-corrected chi connectivity index (χ1v) is 14.9. The minimum absolute atomic E-state index is 0.0580. The van der Waals surface area contributed by atoms with E-state index in [1.165, 1.54) is 4.68 Å². The van der Waals surface area contributed by atoms with Gasteiger partial charge in [-0.3, -0.25) is 9.48 Å². The molecule has 41 heavy (non-hydrogen) atoms. The molecule has 8 rings (SSSR count). The molecule has 2 atom stereocenters. The smallest absolute Gasteiger partial charge is 0.290 e. The monoisotopic (exact) mass is 575 g/mol. The summed E-state index contributed by atoms with van der Waals surface area (Å²) in [7, 11) is 0. The molecule has 214 valence electrons. The Hall–Kier alpha value is -3.42. The lowest BCUT2D eigenvalue weighted by atomic mass is 9.36. The number of hydrogen-bond donors (Lipinski definition) is 0. The molecule has 3 saturated carbocycles. The molecule has 3 aromatic rings. The highest BCUT2D eigenvalue weighted by Gasteiger charge is 2.68. The SMILES string of the molecule is Cc1nn(CC23CC(C#N)(C2)C3)c(C)c1-c1ccnc(O[C@@H]2CCN(c3cnn(C4CCCCO4)c(=O)c3Cl)C2)c1. The number of ether oxygens (including phenoxy) is 2. The molecule has 0 amide bonds. The Labute approximate surface area is 243 Å². The lowest BCUT2D eigenvalue weighted by Crippen LogP contribution is -2.62. The van der Waals surface area contributed by atoms with E-state index < -0.39 is 0 Å². The van der Waals surface area contributed by atoms with Crippen LogP contribution in [0.3, 0.4) is 0 Å². The normalized spacial score (nSPS) is 28.6. The van der Waals surface area contributed by atoms with Crippen molar-refractivity contribution in [3.8, 4) is 23.1 Å². The predicted molar refractivity (Wildman–Crippen MR) is 153 cm³/mol. The summed E-state index contributed by atoms with van der Waals surface area (Å²) in [6, 6.07) is 6.48. The van der Waals surface area contributed by atoms with E-state index in [9.17, 15) is 10.1 Å². The molecule has 0 N–H and O–H groups in total. The maximum absolute atomic E-state index is 13.0. The second-order valence-corrected chi connectivity index (χ2v) is 12.8. The largest absolute Gasteiger partial charge is 0.472 e. The third-order valence-electron chi connectivity index (χ3n) is 9.39. The Morgan fingerprint density at radius 3 is 2.83 bits per heavy atom. The molecular formula is C30H34ClN7O3. The summed E-state index contributed by atoms with van der Waals surface area (Å²) in [5.74, 6) is 0.561. The first kappa shape index (κ1) is 26.5. The number of nitrogens with zero attached hydrogens (tertiary/aromatic N) is 7. The molecule has 5 heterocycles. The molecule has 5 aliphatic rings. The molecule has 1 unspecified atom stereocenters. The van der Waals surface area contributed by atoms with Crippen LogP contribution in [0.2, 0.25) is 5.02 Å². The van der Waals surface area contributed by atoms with Crippen molar-refractivity contribution < 1.29 is 9.47 Å². The molecule has 2 saturated heterocycles. The maximum Gasteiger partial charge on any atom is 0.290 e. The standard InChI is InChI=1S/C30H34ClN7O3/c1-19-26(20(2)37(35-19)18-30-14-29(15-30,16-30)17-32)21-6-8-33-24(11-21)41-22-7-9-36(13-22)23-12-34-38(28(39)27(23)31)25-5-3-4-10-40-25/h6,8,11-12,22,25H,3-5,7,9-10,13-16,18H2,1-2H3/t22-,25?,29?,30?/m1/s1. The van der Waals surface area contributed by atoms with Crippen LogP contribution in [0, 0.1) is 36.0 Å². The molecule has 0 spiro atoms. The molecule has 2 bridgehead atoms. The van der Waals surface area contributed by atoms with Crippen molar-refractivity contribution in [3.05, 3.63) is 51.3 Å². The van der Waals surface area contributed by atoms with Gasteiger partial charge in [0.1, 0.15) is 11.1 Å². The second kappa shape index (κ2) is 9.85. The van der Waals surface area contributed by atoms with Crippen LogP contribution in [0.1, 0.15) is 62.6 Å². The summed E-state index contributed by atoms with van der Waals surface area (Å²) < 4.78 is 15.5. The number of halogens is 1. The number of rotatable bonds is 7. The number of pyridine rings is 1. The van der Waals surface area contributed by atoms with E-state index in [4.69, 9.17) is 26.2 Å². The summed E-state index contributed by atoms with van der Waals surface area (Å²) in [4.78, 5) is 19.5. The van der Waals surface area contributed by atoms with Crippen LogP contribution in [0.4, 0.5) is 5.69 Å². The lowest BCUT2D eigenvalue weighted by Gasteiger charge is -2.67. The molecule has 3 aromatic heterocycles. The van der Waals surface area contributed by atoms with E-state index >= 15 is 0 Å². The third kappa shape index (κ3) is 4.50. The highest BCUT2D eigenvalue weighted by Crippen LogP contribution is 2.73. The van der Waals surface area contributed by atoms with Gasteiger partial charge in [-0.1, -0.05) is 11.6 Å². The summed E-state index contributed by atoms with van der Waals surface area (Å²) in [6.07, 6.45) is 9.51. The highest BCUT2D eigenvalue weighted by molar-refractivity contribution is 6.33. The molecular weight excluding hydrogens is 542 g/mol. The van der Waals surface area contributed by atoms with Crippen LogP contribution in [0.5, 0.6) is 5.88 Å². The van der Waals surface area contributed by atoms with Gasteiger partial charge >= 0.3 is 0 Å². The van der Waals surface area contributed by atoms with Crippen LogP contribution in [-0.4, -0.2) is 50.3 Å². The zero-order valence-electron chi connectivity index (χ0n) is 23.5. The summed E-state index contributed by atoms with van der Waals surface area (Å²) in [6.45, 7) is 6.94. The van der Waals surface area contributed by atoms with Crippen molar-refractivity contribution in [3.63, 3.8) is 0 Å². The van der Waals surface area contributed by atoms with Gasteiger partial charge < -0.3 is 14.4 Å². The van der Waals surface area contributed by atoms with Crippen molar-refractivity contribution in [2.45, 2.75) is 77.7 Å². The number of aryl methyl sites for hydroxylation is 1. The van der Waals surface area contributed by atoms with Crippen molar-refractivity contribution in [1.82, 2.24) is 24.5 Å². The summed E-state index contributed by atoms with van der Waals surface area (Å²) in [5, 5.41) is 18.8. The molecule has 0 aromatic carbocycles. The number of nitriles is 1. The number of anilines is 1. The van der Waals surface area contributed by atoms with E-state index in [1.54, 1.807) is 12.4 Å². The fraction of sp³-hybridized carbons (Fsp3) is 0.567. The van der Waals surface area contributed by atoms with E-state index in [-0.39, 0.29) is 33.7 Å². The van der Waals surface area contributed by atoms with E-state index in [0.29, 0.717) is 31.3 Å². The maximum atomic E-state index is 13.0. The molecule has 2 aliphatic heterocycles. The van der Waals surface area contributed by atoms with Crippen LogP contribution < -0.4 is 15.2 Å².